The molecular weight excluding hydrogens is 274 g/mol. The molecular formula is C19H29NS. The summed E-state index contributed by atoms with van der Waals surface area (Å²) in [6.45, 7) is 11.0. The first-order valence-electron chi connectivity index (χ1n) is 8.33. The molecule has 2 rings (SSSR count). The zero-order valence-electron chi connectivity index (χ0n) is 13.7. The molecule has 1 N–H and O–H groups in total. The van der Waals surface area contributed by atoms with E-state index in [1.54, 1.807) is 0 Å². The van der Waals surface area contributed by atoms with Gasteiger partial charge in [0, 0.05) is 16.6 Å². The van der Waals surface area contributed by atoms with E-state index in [2.05, 4.69) is 63.5 Å². The number of rotatable bonds is 8. The van der Waals surface area contributed by atoms with Crippen molar-refractivity contribution in [1.29, 1.82) is 0 Å². The van der Waals surface area contributed by atoms with Crippen molar-refractivity contribution < 1.29 is 0 Å². The summed E-state index contributed by atoms with van der Waals surface area (Å²) >= 11 is 4.51. The molecule has 116 valence electrons. The maximum absolute atomic E-state index is 4.51. The highest BCUT2D eigenvalue weighted by molar-refractivity contribution is 7.80. The van der Waals surface area contributed by atoms with Gasteiger partial charge >= 0.3 is 0 Å². The molecule has 1 nitrogen and oxygen atoms in total. The van der Waals surface area contributed by atoms with Gasteiger partial charge in [-0.25, -0.2) is 0 Å². The zero-order valence-corrected chi connectivity index (χ0v) is 14.6. The molecule has 0 bridgehead atoms. The van der Waals surface area contributed by atoms with Crippen LogP contribution in [-0.2, 0) is 6.42 Å². The highest BCUT2D eigenvalue weighted by atomic mass is 32.1. The van der Waals surface area contributed by atoms with Crippen molar-refractivity contribution in [3.63, 3.8) is 0 Å². The maximum Gasteiger partial charge on any atom is 0.0343 e. The Kier molecular flexibility index (Phi) is 5.43. The van der Waals surface area contributed by atoms with Gasteiger partial charge in [-0.15, -0.1) is 12.6 Å². The minimum atomic E-state index is 0.526. The summed E-state index contributed by atoms with van der Waals surface area (Å²) in [6, 6.07) is 7.09. The minimum Gasteiger partial charge on any atom is -0.382 e. The van der Waals surface area contributed by atoms with Crippen molar-refractivity contribution in [3.05, 3.63) is 35.9 Å². The molecule has 21 heavy (non-hydrogen) atoms. The van der Waals surface area contributed by atoms with Crippen molar-refractivity contribution in [3.8, 4) is 0 Å². The first-order valence-corrected chi connectivity index (χ1v) is 8.78. The van der Waals surface area contributed by atoms with E-state index in [0.717, 1.165) is 17.0 Å². The molecule has 0 aromatic heterocycles. The molecule has 0 heterocycles. The molecule has 1 aliphatic rings. The molecule has 1 atom stereocenters. The van der Waals surface area contributed by atoms with Gasteiger partial charge in [-0.3, -0.25) is 0 Å². The molecule has 1 aliphatic carbocycles. The van der Waals surface area contributed by atoms with Crippen LogP contribution < -0.4 is 5.32 Å². The largest absolute Gasteiger partial charge is 0.382 e. The van der Waals surface area contributed by atoms with Crippen LogP contribution in [-0.4, -0.2) is 6.04 Å². The fourth-order valence-corrected chi connectivity index (χ4v) is 3.88. The van der Waals surface area contributed by atoms with Crippen LogP contribution in [0, 0.1) is 5.41 Å². The van der Waals surface area contributed by atoms with Gasteiger partial charge in [0.15, 0.2) is 0 Å². The molecule has 1 aromatic carbocycles. The lowest BCUT2D eigenvalue weighted by Crippen LogP contribution is -2.21. The second-order valence-corrected chi connectivity index (χ2v) is 7.00. The van der Waals surface area contributed by atoms with Crippen LogP contribution in [0.1, 0.15) is 64.0 Å². The Balaban J connectivity index is 2.04. The van der Waals surface area contributed by atoms with E-state index in [1.807, 2.05) is 0 Å². The molecule has 1 unspecified atom stereocenters. The summed E-state index contributed by atoms with van der Waals surface area (Å²) in [5.74, 6) is 0. The third-order valence-corrected chi connectivity index (χ3v) is 5.03. The third kappa shape index (κ3) is 3.85. The lowest BCUT2D eigenvalue weighted by atomic mass is 9.94. The Labute approximate surface area is 135 Å². The van der Waals surface area contributed by atoms with Crippen LogP contribution in [0.15, 0.2) is 29.7 Å². The normalized spacial score (nSPS) is 19.3. The lowest BCUT2D eigenvalue weighted by Gasteiger charge is -2.18. The van der Waals surface area contributed by atoms with Gasteiger partial charge in [0.05, 0.1) is 0 Å². The molecule has 0 aliphatic heterocycles. The smallest absolute Gasteiger partial charge is 0.0343 e. The summed E-state index contributed by atoms with van der Waals surface area (Å²) in [4.78, 5) is 1.02. The number of aryl methyl sites for hydroxylation is 1. The Morgan fingerprint density at radius 3 is 2.48 bits per heavy atom. The predicted molar refractivity (Wildman–Crippen MR) is 95.9 cm³/mol. The Morgan fingerprint density at radius 1 is 1.24 bits per heavy atom. The topological polar surface area (TPSA) is 12.0 Å². The number of hydrogen-bond acceptors (Lipinski definition) is 2. The van der Waals surface area contributed by atoms with E-state index >= 15 is 0 Å². The Bertz CT molecular complexity index is 500. The van der Waals surface area contributed by atoms with Crippen molar-refractivity contribution in [2.24, 2.45) is 5.41 Å². The van der Waals surface area contributed by atoms with Crippen LogP contribution in [0.3, 0.4) is 0 Å². The van der Waals surface area contributed by atoms with Gasteiger partial charge in [-0.2, -0.15) is 0 Å². The number of benzene rings is 1. The molecule has 0 amide bonds. The SMILES string of the molecule is C=C(NC1CC1(CCC)CCC)c1cc(S)cc(CC)c1. The summed E-state index contributed by atoms with van der Waals surface area (Å²) in [5.41, 5.74) is 4.09. The molecule has 1 saturated carbocycles. The molecule has 0 radical (unpaired) electrons. The lowest BCUT2D eigenvalue weighted by molar-refractivity contribution is 0.394. The second kappa shape index (κ2) is 6.91. The molecule has 1 fully saturated rings. The highest BCUT2D eigenvalue weighted by Crippen LogP contribution is 2.54. The second-order valence-electron chi connectivity index (χ2n) is 6.48. The van der Waals surface area contributed by atoms with E-state index in [1.165, 1.54) is 43.2 Å². The van der Waals surface area contributed by atoms with Gasteiger partial charge in [0.1, 0.15) is 0 Å². The molecule has 0 spiro atoms. The molecule has 1 aromatic rings. The maximum atomic E-state index is 4.51. The first kappa shape index (κ1) is 16.5. The average molecular weight is 304 g/mol. The van der Waals surface area contributed by atoms with Crippen LogP contribution in [0.25, 0.3) is 5.70 Å². The fourth-order valence-electron chi connectivity index (χ4n) is 3.57. The van der Waals surface area contributed by atoms with E-state index in [-0.39, 0.29) is 0 Å². The summed E-state index contributed by atoms with van der Waals surface area (Å²) < 4.78 is 0. The average Bonchev–Trinajstić information content (AvgIpc) is 3.10. The third-order valence-electron chi connectivity index (χ3n) is 4.77. The highest BCUT2D eigenvalue weighted by Gasteiger charge is 2.52. The van der Waals surface area contributed by atoms with Crippen LogP contribution in [0.4, 0.5) is 0 Å². The number of nitrogens with one attached hydrogen (secondary N) is 1. The van der Waals surface area contributed by atoms with Gasteiger partial charge in [0.2, 0.25) is 0 Å². The number of hydrogen-bond donors (Lipinski definition) is 2. The monoisotopic (exact) mass is 303 g/mol. The van der Waals surface area contributed by atoms with Crippen molar-refractivity contribution in [2.45, 2.75) is 70.2 Å². The zero-order chi connectivity index (χ0) is 15.5. The number of thiol groups is 1. The molecule has 0 saturated heterocycles. The van der Waals surface area contributed by atoms with Crippen molar-refractivity contribution in [2.75, 3.05) is 0 Å². The van der Waals surface area contributed by atoms with Gasteiger partial charge in [-0.05, 0) is 60.4 Å². The van der Waals surface area contributed by atoms with Crippen LogP contribution in [0.2, 0.25) is 0 Å². The fraction of sp³-hybridized carbons (Fsp3) is 0.579. The van der Waals surface area contributed by atoms with Crippen molar-refractivity contribution in [1.82, 2.24) is 5.32 Å². The van der Waals surface area contributed by atoms with Gasteiger partial charge < -0.3 is 5.32 Å². The predicted octanol–water partition coefficient (Wildman–Crippen LogP) is 5.46. The van der Waals surface area contributed by atoms with Crippen molar-refractivity contribution >= 4 is 18.3 Å². The van der Waals surface area contributed by atoms with E-state index in [0.29, 0.717) is 11.5 Å². The van der Waals surface area contributed by atoms with E-state index in [4.69, 9.17) is 0 Å². The van der Waals surface area contributed by atoms with Gasteiger partial charge in [-0.1, -0.05) is 40.2 Å². The summed E-state index contributed by atoms with van der Waals surface area (Å²) in [7, 11) is 0. The first-order chi connectivity index (χ1) is 10.0. The Morgan fingerprint density at radius 2 is 1.90 bits per heavy atom. The summed E-state index contributed by atoms with van der Waals surface area (Å²) in [6.07, 6.45) is 7.55. The van der Waals surface area contributed by atoms with Crippen LogP contribution in [0.5, 0.6) is 0 Å². The van der Waals surface area contributed by atoms with E-state index < -0.39 is 0 Å². The van der Waals surface area contributed by atoms with Crippen LogP contribution >= 0.6 is 12.6 Å². The Hall–Kier alpha value is -0.890. The quantitative estimate of drug-likeness (QED) is 0.608. The summed E-state index contributed by atoms with van der Waals surface area (Å²) in [5, 5.41) is 3.68. The minimum absolute atomic E-state index is 0.526. The van der Waals surface area contributed by atoms with E-state index in [9.17, 15) is 0 Å². The molecule has 2 heteroatoms. The standard InChI is InChI=1S/C19H29NS/c1-5-8-19(9-6-2)13-18(19)20-14(4)16-10-15(7-3)11-17(21)12-16/h10-12,18,20-21H,4-9,13H2,1-3H3. The van der Waals surface area contributed by atoms with Gasteiger partial charge in [0.25, 0.3) is 0 Å².